The molecule has 26 heavy (non-hydrogen) atoms. The Hall–Kier alpha value is -2.18. The molecule has 2 rings (SSSR count). The van der Waals surface area contributed by atoms with Crippen molar-refractivity contribution in [3.05, 3.63) is 47.8 Å². The smallest absolute Gasteiger partial charge is 0.234 e. The van der Waals surface area contributed by atoms with E-state index < -0.39 is 0 Å². The van der Waals surface area contributed by atoms with Crippen molar-refractivity contribution in [3.8, 4) is 5.69 Å². The van der Waals surface area contributed by atoms with Crippen molar-refractivity contribution < 1.29 is 9.53 Å². The number of benzene rings is 1. The zero-order valence-corrected chi connectivity index (χ0v) is 16.1. The van der Waals surface area contributed by atoms with Gasteiger partial charge in [-0.2, -0.15) is 5.10 Å². The number of nitrogens with zero attached hydrogens (tertiary/aromatic N) is 3. The molecule has 0 saturated heterocycles. The number of carbonyl (C=O) groups excluding carboxylic acids is 1. The predicted octanol–water partition coefficient (Wildman–Crippen LogP) is 2.20. The average molecular weight is 358 g/mol. The first-order valence-electron chi connectivity index (χ1n) is 9.15. The van der Waals surface area contributed by atoms with Crippen LogP contribution in [0.3, 0.4) is 0 Å². The lowest BCUT2D eigenvalue weighted by atomic mass is 10.1. The third kappa shape index (κ3) is 6.61. The van der Waals surface area contributed by atoms with E-state index >= 15 is 0 Å². The summed E-state index contributed by atoms with van der Waals surface area (Å²) in [6.07, 6.45) is 4.82. The van der Waals surface area contributed by atoms with E-state index in [4.69, 9.17) is 4.74 Å². The summed E-state index contributed by atoms with van der Waals surface area (Å²) in [7, 11) is 3.65. The SMILES string of the molecule is COCCCN(C)CC(=O)NCCCc1cn(-c2ccccc2)nc1C. The molecule has 0 aliphatic heterocycles. The van der Waals surface area contributed by atoms with Crippen molar-refractivity contribution in [2.45, 2.75) is 26.2 Å². The van der Waals surface area contributed by atoms with Crippen LogP contribution in [0.15, 0.2) is 36.5 Å². The minimum absolute atomic E-state index is 0.0709. The molecule has 2 aromatic rings. The van der Waals surface area contributed by atoms with Crippen LogP contribution in [-0.2, 0) is 16.0 Å². The van der Waals surface area contributed by atoms with Gasteiger partial charge in [-0.3, -0.25) is 9.69 Å². The number of carbonyl (C=O) groups is 1. The van der Waals surface area contributed by atoms with Crippen LogP contribution >= 0.6 is 0 Å². The number of para-hydroxylation sites is 1. The van der Waals surface area contributed by atoms with E-state index in [-0.39, 0.29) is 5.91 Å². The quantitative estimate of drug-likeness (QED) is 0.626. The molecular weight excluding hydrogens is 328 g/mol. The third-order valence-corrected chi connectivity index (χ3v) is 4.27. The van der Waals surface area contributed by atoms with Crippen LogP contribution in [0.5, 0.6) is 0 Å². The van der Waals surface area contributed by atoms with Crippen LogP contribution in [0.1, 0.15) is 24.1 Å². The Morgan fingerprint density at radius 1 is 1.27 bits per heavy atom. The maximum absolute atomic E-state index is 12.0. The molecule has 1 N–H and O–H groups in total. The van der Waals surface area contributed by atoms with Gasteiger partial charge >= 0.3 is 0 Å². The second kappa shape index (κ2) is 10.7. The summed E-state index contributed by atoms with van der Waals surface area (Å²) in [4.78, 5) is 14.0. The Morgan fingerprint density at radius 3 is 2.77 bits per heavy atom. The van der Waals surface area contributed by atoms with Gasteiger partial charge in [0.2, 0.25) is 5.91 Å². The molecule has 0 radical (unpaired) electrons. The molecule has 0 spiro atoms. The van der Waals surface area contributed by atoms with E-state index in [9.17, 15) is 4.79 Å². The summed E-state index contributed by atoms with van der Waals surface area (Å²) >= 11 is 0. The van der Waals surface area contributed by atoms with Gasteiger partial charge in [0.15, 0.2) is 0 Å². The molecule has 1 heterocycles. The summed E-state index contributed by atoms with van der Waals surface area (Å²) < 4.78 is 6.94. The first-order chi connectivity index (χ1) is 12.6. The van der Waals surface area contributed by atoms with E-state index in [0.29, 0.717) is 13.1 Å². The third-order valence-electron chi connectivity index (χ3n) is 4.27. The number of likely N-dealkylation sites (N-methyl/N-ethyl adjacent to an activating group) is 1. The molecule has 1 aromatic carbocycles. The highest BCUT2D eigenvalue weighted by Crippen LogP contribution is 2.13. The van der Waals surface area contributed by atoms with Gasteiger partial charge < -0.3 is 10.1 Å². The summed E-state index contributed by atoms with van der Waals surface area (Å²) in [5.74, 6) is 0.0709. The minimum Gasteiger partial charge on any atom is -0.385 e. The lowest BCUT2D eigenvalue weighted by Gasteiger charge is -2.15. The highest BCUT2D eigenvalue weighted by Gasteiger charge is 2.08. The molecule has 0 aliphatic rings. The fraction of sp³-hybridized carbons (Fsp3) is 0.500. The lowest BCUT2D eigenvalue weighted by Crippen LogP contribution is -2.36. The summed E-state index contributed by atoms with van der Waals surface area (Å²) in [6, 6.07) is 10.1. The van der Waals surface area contributed by atoms with E-state index in [1.165, 1.54) is 5.56 Å². The Morgan fingerprint density at radius 2 is 2.04 bits per heavy atom. The Bertz CT molecular complexity index is 670. The van der Waals surface area contributed by atoms with Crippen LogP contribution in [0.2, 0.25) is 0 Å². The maximum atomic E-state index is 12.0. The van der Waals surface area contributed by atoms with E-state index in [0.717, 1.165) is 43.8 Å². The van der Waals surface area contributed by atoms with Crippen LogP contribution in [0, 0.1) is 6.92 Å². The summed E-state index contributed by atoms with van der Waals surface area (Å²) in [5.41, 5.74) is 3.32. The molecule has 0 bridgehead atoms. The molecule has 6 nitrogen and oxygen atoms in total. The second-order valence-electron chi connectivity index (χ2n) is 6.56. The largest absolute Gasteiger partial charge is 0.385 e. The molecule has 0 aliphatic carbocycles. The highest BCUT2D eigenvalue weighted by molar-refractivity contribution is 5.77. The van der Waals surface area contributed by atoms with Gasteiger partial charge in [-0.05, 0) is 50.9 Å². The first kappa shape index (κ1) is 20.1. The number of aromatic nitrogens is 2. The van der Waals surface area contributed by atoms with Gasteiger partial charge in [0.05, 0.1) is 17.9 Å². The van der Waals surface area contributed by atoms with Gasteiger partial charge in [-0.25, -0.2) is 4.68 Å². The minimum atomic E-state index is 0.0709. The number of hydrogen-bond donors (Lipinski definition) is 1. The molecule has 142 valence electrons. The number of rotatable bonds is 11. The van der Waals surface area contributed by atoms with Crippen molar-refractivity contribution >= 4 is 5.91 Å². The maximum Gasteiger partial charge on any atom is 0.234 e. The number of hydrogen-bond acceptors (Lipinski definition) is 4. The number of nitrogens with one attached hydrogen (secondary N) is 1. The number of aryl methyl sites for hydroxylation is 2. The van der Waals surface area contributed by atoms with Crippen molar-refractivity contribution in [3.63, 3.8) is 0 Å². The Labute approximate surface area is 156 Å². The normalized spacial score (nSPS) is 11.1. The first-order valence-corrected chi connectivity index (χ1v) is 9.15. The van der Waals surface area contributed by atoms with Gasteiger partial charge in [0.25, 0.3) is 0 Å². The van der Waals surface area contributed by atoms with Gasteiger partial charge in [0, 0.05) is 33.0 Å². The number of methoxy groups -OCH3 is 1. The fourth-order valence-electron chi connectivity index (χ4n) is 2.82. The average Bonchev–Trinajstić information content (AvgIpc) is 3.00. The number of ether oxygens (including phenoxy) is 1. The standard InChI is InChI=1S/C20H30N4O2/c1-17-18(15-24(22-17)19-10-5-4-6-11-19)9-7-12-21-20(25)16-23(2)13-8-14-26-3/h4-6,10-11,15H,7-9,12-14,16H2,1-3H3,(H,21,25). The molecule has 0 fully saturated rings. The van der Waals surface area contributed by atoms with E-state index in [1.54, 1.807) is 7.11 Å². The zero-order chi connectivity index (χ0) is 18.8. The van der Waals surface area contributed by atoms with E-state index in [1.807, 2.05) is 53.9 Å². The van der Waals surface area contributed by atoms with Crippen LogP contribution < -0.4 is 5.32 Å². The van der Waals surface area contributed by atoms with Gasteiger partial charge in [-0.1, -0.05) is 18.2 Å². The second-order valence-corrected chi connectivity index (χ2v) is 6.56. The topological polar surface area (TPSA) is 59.4 Å². The molecule has 0 saturated carbocycles. The van der Waals surface area contributed by atoms with Crippen LogP contribution in [0.25, 0.3) is 5.69 Å². The molecule has 1 amide bonds. The van der Waals surface area contributed by atoms with Crippen LogP contribution in [-0.4, -0.2) is 61.0 Å². The molecule has 0 unspecified atom stereocenters. The summed E-state index contributed by atoms with van der Waals surface area (Å²) in [5, 5.41) is 7.58. The van der Waals surface area contributed by atoms with Gasteiger partial charge in [0.1, 0.15) is 0 Å². The predicted molar refractivity (Wildman–Crippen MR) is 104 cm³/mol. The van der Waals surface area contributed by atoms with Crippen molar-refractivity contribution in [1.29, 1.82) is 0 Å². The molecular formula is C20H30N4O2. The van der Waals surface area contributed by atoms with Crippen molar-refractivity contribution in [1.82, 2.24) is 20.0 Å². The van der Waals surface area contributed by atoms with Gasteiger partial charge in [-0.15, -0.1) is 0 Å². The molecule has 0 atom stereocenters. The fourth-order valence-corrected chi connectivity index (χ4v) is 2.82. The molecule has 6 heteroatoms. The number of amides is 1. The lowest BCUT2D eigenvalue weighted by molar-refractivity contribution is -0.122. The molecule has 1 aromatic heterocycles. The summed E-state index contributed by atoms with van der Waals surface area (Å²) in [6.45, 7) is 4.72. The highest BCUT2D eigenvalue weighted by atomic mass is 16.5. The van der Waals surface area contributed by atoms with Crippen molar-refractivity contribution in [2.75, 3.05) is 40.4 Å². The zero-order valence-electron chi connectivity index (χ0n) is 16.1. The van der Waals surface area contributed by atoms with Crippen LogP contribution in [0.4, 0.5) is 0 Å². The van der Waals surface area contributed by atoms with Crippen molar-refractivity contribution in [2.24, 2.45) is 0 Å². The Kier molecular flexibility index (Phi) is 8.31. The Balaban J connectivity index is 1.70. The monoisotopic (exact) mass is 358 g/mol. The van der Waals surface area contributed by atoms with E-state index in [2.05, 4.69) is 16.6 Å².